The van der Waals surface area contributed by atoms with Crippen LogP contribution in [0.4, 0.5) is 0 Å². The van der Waals surface area contributed by atoms with Gasteiger partial charge in [-0.05, 0) is 50.0 Å². The number of rotatable bonds is 4. The number of nitrogens with two attached hydrogens (primary N) is 1. The average molecular weight is 264 g/mol. The second kappa shape index (κ2) is 6.04. The molecular formula is C15H28N4. The molecule has 3 N–H and O–H groups in total. The van der Waals surface area contributed by atoms with Gasteiger partial charge in [-0.25, -0.2) is 4.98 Å². The van der Waals surface area contributed by atoms with Crippen molar-refractivity contribution in [3.8, 4) is 0 Å². The number of nitrogens with one attached hydrogen (secondary N) is 1. The Balaban J connectivity index is 1.89. The average Bonchev–Trinajstić information content (AvgIpc) is 2.84. The van der Waals surface area contributed by atoms with Gasteiger partial charge in [0.2, 0.25) is 0 Å². The van der Waals surface area contributed by atoms with E-state index in [0.717, 1.165) is 30.4 Å². The molecule has 0 aromatic carbocycles. The van der Waals surface area contributed by atoms with Gasteiger partial charge in [-0.3, -0.25) is 5.10 Å². The molecule has 1 aromatic heterocycles. The largest absolute Gasteiger partial charge is 0.330 e. The maximum Gasteiger partial charge on any atom is 0.153 e. The molecule has 4 nitrogen and oxygen atoms in total. The quantitative estimate of drug-likeness (QED) is 0.878. The molecule has 1 fully saturated rings. The van der Waals surface area contributed by atoms with Gasteiger partial charge in [-0.15, -0.1) is 0 Å². The van der Waals surface area contributed by atoms with Gasteiger partial charge < -0.3 is 5.73 Å². The number of hydrogen-bond donors (Lipinski definition) is 2. The molecule has 0 spiro atoms. The topological polar surface area (TPSA) is 67.6 Å². The van der Waals surface area contributed by atoms with Gasteiger partial charge in [0.1, 0.15) is 5.82 Å². The lowest BCUT2D eigenvalue weighted by Gasteiger charge is -2.36. The smallest absolute Gasteiger partial charge is 0.153 e. The molecule has 108 valence electrons. The van der Waals surface area contributed by atoms with Crippen LogP contribution in [-0.4, -0.2) is 21.7 Å². The summed E-state index contributed by atoms with van der Waals surface area (Å²) in [6.45, 7) is 7.79. The Hall–Kier alpha value is -0.900. The Morgan fingerprint density at radius 1 is 1.21 bits per heavy atom. The first-order chi connectivity index (χ1) is 9.00. The first kappa shape index (κ1) is 14.5. The van der Waals surface area contributed by atoms with E-state index < -0.39 is 0 Å². The zero-order chi connectivity index (χ0) is 13.9. The molecule has 0 bridgehead atoms. The molecule has 1 aliphatic rings. The highest BCUT2D eigenvalue weighted by Gasteiger charge is 2.31. The van der Waals surface area contributed by atoms with E-state index in [2.05, 4.69) is 36.0 Å². The SMILES string of the molecule is CC(C)(C)C1CCC(c2n[nH]c(CCCN)n2)CC1. The molecule has 0 saturated heterocycles. The number of aromatic nitrogens is 3. The molecular weight excluding hydrogens is 236 g/mol. The predicted molar refractivity (Wildman–Crippen MR) is 77.9 cm³/mol. The molecule has 19 heavy (non-hydrogen) atoms. The fraction of sp³-hybridized carbons (Fsp3) is 0.867. The van der Waals surface area contributed by atoms with Crippen LogP contribution in [0.5, 0.6) is 0 Å². The van der Waals surface area contributed by atoms with Crippen molar-refractivity contribution in [2.24, 2.45) is 17.1 Å². The van der Waals surface area contributed by atoms with E-state index in [1.807, 2.05) is 0 Å². The van der Waals surface area contributed by atoms with Crippen LogP contribution in [0.2, 0.25) is 0 Å². The van der Waals surface area contributed by atoms with Gasteiger partial charge in [-0.1, -0.05) is 20.8 Å². The van der Waals surface area contributed by atoms with Crippen molar-refractivity contribution in [3.63, 3.8) is 0 Å². The van der Waals surface area contributed by atoms with Gasteiger partial charge in [0.15, 0.2) is 5.82 Å². The maximum absolute atomic E-state index is 5.52. The van der Waals surface area contributed by atoms with Gasteiger partial charge in [0.05, 0.1) is 0 Å². The highest BCUT2D eigenvalue weighted by atomic mass is 15.2. The second-order valence-corrected chi connectivity index (χ2v) is 6.95. The maximum atomic E-state index is 5.52. The minimum Gasteiger partial charge on any atom is -0.330 e. The highest BCUT2D eigenvalue weighted by Crippen LogP contribution is 2.42. The van der Waals surface area contributed by atoms with E-state index >= 15 is 0 Å². The third kappa shape index (κ3) is 3.78. The van der Waals surface area contributed by atoms with E-state index in [9.17, 15) is 0 Å². The minimum atomic E-state index is 0.441. The summed E-state index contributed by atoms with van der Waals surface area (Å²) in [6.07, 6.45) is 6.97. The van der Waals surface area contributed by atoms with Crippen molar-refractivity contribution >= 4 is 0 Å². The highest BCUT2D eigenvalue weighted by molar-refractivity contribution is 5.00. The van der Waals surface area contributed by atoms with E-state index in [1.54, 1.807) is 0 Å². The van der Waals surface area contributed by atoms with E-state index in [0.29, 0.717) is 17.9 Å². The van der Waals surface area contributed by atoms with Gasteiger partial charge in [0, 0.05) is 12.3 Å². The van der Waals surface area contributed by atoms with Crippen LogP contribution in [0.1, 0.15) is 70.4 Å². The van der Waals surface area contributed by atoms with Crippen LogP contribution >= 0.6 is 0 Å². The number of aryl methyl sites for hydroxylation is 1. The lowest BCUT2D eigenvalue weighted by atomic mass is 9.70. The Labute approximate surface area is 116 Å². The van der Waals surface area contributed by atoms with Gasteiger partial charge in [0.25, 0.3) is 0 Å². The second-order valence-electron chi connectivity index (χ2n) is 6.95. The Bertz CT molecular complexity index is 383. The normalized spacial score (nSPS) is 24.6. The number of H-pyrrole nitrogens is 1. The van der Waals surface area contributed by atoms with Crippen LogP contribution in [-0.2, 0) is 6.42 Å². The first-order valence-corrected chi connectivity index (χ1v) is 7.62. The zero-order valence-electron chi connectivity index (χ0n) is 12.6. The molecule has 1 aliphatic carbocycles. The van der Waals surface area contributed by atoms with Crippen molar-refractivity contribution in [2.45, 2.75) is 65.2 Å². The van der Waals surface area contributed by atoms with Crippen LogP contribution in [0.3, 0.4) is 0 Å². The van der Waals surface area contributed by atoms with Crippen LogP contribution < -0.4 is 5.73 Å². The minimum absolute atomic E-state index is 0.441. The fourth-order valence-electron chi connectivity index (χ4n) is 3.09. The summed E-state index contributed by atoms with van der Waals surface area (Å²) >= 11 is 0. The fourth-order valence-corrected chi connectivity index (χ4v) is 3.09. The lowest BCUT2D eigenvalue weighted by molar-refractivity contribution is 0.167. The summed E-state index contributed by atoms with van der Waals surface area (Å²) < 4.78 is 0. The summed E-state index contributed by atoms with van der Waals surface area (Å²) in [5.74, 6) is 3.43. The molecule has 1 aromatic rings. The van der Waals surface area contributed by atoms with Gasteiger partial charge in [-0.2, -0.15) is 5.10 Å². The molecule has 0 atom stereocenters. The lowest BCUT2D eigenvalue weighted by Crippen LogP contribution is -2.25. The molecule has 0 radical (unpaired) electrons. The molecule has 1 heterocycles. The first-order valence-electron chi connectivity index (χ1n) is 7.62. The summed E-state index contributed by atoms with van der Waals surface area (Å²) in [5, 5.41) is 7.47. The van der Waals surface area contributed by atoms with Crippen molar-refractivity contribution < 1.29 is 0 Å². The monoisotopic (exact) mass is 264 g/mol. The van der Waals surface area contributed by atoms with Crippen LogP contribution in [0, 0.1) is 11.3 Å². The Kier molecular flexibility index (Phi) is 4.61. The predicted octanol–water partition coefficient (Wildman–Crippen LogP) is 3.02. The molecule has 4 heteroatoms. The van der Waals surface area contributed by atoms with Crippen molar-refractivity contribution in [2.75, 3.05) is 6.54 Å². The zero-order valence-corrected chi connectivity index (χ0v) is 12.6. The van der Waals surface area contributed by atoms with Crippen LogP contribution in [0.15, 0.2) is 0 Å². The number of hydrogen-bond acceptors (Lipinski definition) is 3. The van der Waals surface area contributed by atoms with Gasteiger partial charge >= 0.3 is 0 Å². The van der Waals surface area contributed by atoms with E-state index in [1.165, 1.54) is 25.7 Å². The third-order valence-corrected chi connectivity index (χ3v) is 4.48. The number of nitrogens with zero attached hydrogens (tertiary/aromatic N) is 2. The standard InChI is InChI=1S/C15H28N4/c1-15(2,3)12-8-6-11(7-9-12)14-17-13(18-19-14)5-4-10-16/h11-12H,4-10,16H2,1-3H3,(H,17,18,19). The number of aromatic amines is 1. The summed E-state index contributed by atoms with van der Waals surface area (Å²) in [6, 6.07) is 0. The molecule has 0 unspecified atom stereocenters. The molecule has 1 saturated carbocycles. The third-order valence-electron chi connectivity index (χ3n) is 4.48. The molecule has 2 rings (SSSR count). The Morgan fingerprint density at radius 3 is 2.47 bits per heavy atom. The van der Waals surface area contributed by atoms with Crippen LogP contribution in [0.25, 0.3) is 0 Å². The Morgan fingerprint density at radius 2 is 1.89 bits per heavy atom. The van der Waals surface area contributed by atoms with Crippen molar-refractivity contribution in [1.29, 1.82) is 0 Å². The summed E-state index contributed by atoms with van der Waals surface area (Å²) in [7, 11) is 0. The molecule has 0 amide bonds. The van der Waals surface area contributed by atoms with Crippen molar-refractivity contribution in [3.05, 3.63) is 11.6 Å². The van der Waals surface area contributed by atoms with Crippen molar-refractivity contribution in [1.82, 2.24) is 15.2 Å². The van der Waals surface area contributed by atoms with E-state index in [4.69, 9.17) is 5.73 Å². The summed E-state index contributed by atoms with van der Waals surface area (Å²) in [5.41, 5.74) is 5.96. The summed E-state index contributed by atoms with van der Waals surface area (Å²) in [4.78, 5) is 4.64. The van der Waals surface area contributed by atoms with E-state index in [-0.39, 0.29) is 0 Å². The molecule has 0 aliphatic heterocycles.